The zero-order valence-corrected chi connectivity index (χ0v) is 16.7. The van der Waals surface area contributed by atoms with Gasteiger partial charge in [0.2, 0.25) is 5.91 Å². The minimum atomic E-state index is -3.07. The van der Waals surface area contributed by atoms with Gasteiger partial charge in [-0.3, -0.25) is 4.79 Å². The van der Waals surface area contributed by atoms with E-state index in [1.165, 1.54) is 11.8 Å². The Hall–Kier alpha value is -1.54. The third kappa shape index (κ3) is 4.23. The predicted octanol–water partition coefficient (Wildman–Crippen LogP) is 2.88. The third-order valence-corrected chi connectivity index (χ3v) is 7.66. The van der Waals surface area contributed by atoms with Crippen molar-refractivity contribution in [1.29, 1.82) is 0 Å². The number of amidine groups is 1. The number of hydrogen-bond acceptors (Lipinski definition) is 5. The Kier molecular flexibility index (Phi) is 5.92. The second-order valence-electron chi connectivity index (χ2n) is 6.51. The molecule has 0 aliphatic carbocycles. The number of anilines is 1. The van der Waals surface area contributed by atoms with Gasteiger partial charge in [0.1, 0.15) is 5.75 Å². The maximum atomic E-state index is 12.1. The molecule has 0 spiro atoms. The predicted molar refractivity (Wildman–Crippen MR) is 106 cm³/mol. The highest BCUT2D eigenvalue weighted by Gasteiger charge is 2.49. The summed E-state index contributed by atoms with van der Waals surface area (Å²) in [5.74, 6) is 0.762. The van der Waals surface area contributed by atoms with Gasteiger partial charge >= 0.3 is 0 Å². The molecule has 0 bridgehead atoms. The number of thioether (sulfide) groups is 1. The van der Waals surface area contributed by atoms with Gasteiger partial charge in [-0.15, -0.1) is 0 Å². The molecule has 2 heterocycles. The van der Waals surface area contributed by atoms with Gasteiger partial charge in [0.15, 0.2) is 15.0 Å². The van der Waals surface area contributed by atoms with Crippen molar-refractivity contribution in [3.05, 3.63) is 24.3 Å². The number of hydrogen-bond donors (Lipinski definition) is 0. The van der Waals surface area contributed by atoms with Crippen LogP contribution in [-0.4, -0.2) is 48.9 Å². The van der Waals surface area contributed by atoms with Crippen molar-refractivity contribution in [3.8, 4) is 5.75 Å². The number of unbranched alkanes of at least 4 members (excludes halogenated alkanes) is 1. The number of nitrogens with zero attached hydrogens (tertiary/aromatic N) is 2. The van der Waals surface area contributed by atoms with E-state index in [4.69, 9.17) is 4.74 Å². The minimum Gasteiger partial charge on any atom is -0.494 e. The highest BCUT2D eigenvalue weighted by Crippen LogP contribution is 2.41. The summed E-state index contributed by atoms with van der Waals surface area (Å²) < 4.78 is 29.9. The van der Waals surface area contributed by atoms with E-state index in [1.54, 1.807) is 6.92 Å². The molecule has 0 unspecified atom stereocenters. The van der Waals surface area contributed by atoms with Crippen molar-refractivity contribution in [3.63, 3.8) is 0 Å². The molecule has 0 aromatic heterocycles. The van der Waals surface area contributed by atoms with Gasteiger partial charge in [0.25, 0.3) is 0 Å². The van der Waals surface area contributed by atoms with Crippen LogP contribution >= 0.6 is 11.8 Å². The first-order valence-electron chi connectivity index (χ1n) is 8.94. The fourth-order valence-corrected chi connectivity index (χ4v) is 7.04. The molecule has 0 saturated carbocycles. The quantitative estimate of drug-likeness (QED) is 0.688. The fraction of sp³-hybridized carbons (Fsp3) is 0.556. The van der Waals surface area contributed by atoms with Gasteiger partial charge < -0.3 is 9.64 Å². The van der Waals surface area contributed by atoms with Crippen LogP contribution in [0.15, 0.2) is 29.3 Å². The summed E-state index contributed by atoms with van der Waals surface area (Å²) in [7, 11) is -3.07. The number of benzene rings is 1. The van der Waals surface area contributed by atoms with E-state index in [-0.39, 0.29) is 28.7 Å². The molecule has 8 heteroatoms. The SMILES string of the molecule is CCCCOc1cccc(N2C(=NC(=O)CC)S[C@H]3CS(=O)(=O)C[C@H]32)c1. The number of amides is 1. The first kappa shape index (κ1) is 19.2. The molecule has 1 amide bonds. The fourth-order valence-electron chi connectivity index (χ4n) is 3.11. The molecule has 2 aliphatic rings. The Morgan fingerprint density at radius 2 is 2.15 bits per heavy atom. The van der Waals surface area contributed by atoms with Crippen LogP contribution in [0.4, 0.5) is 5.69 Å². The molecule has 6 nitrogen and oxygen atoms in total. The van der Waals surface area contributed by atoms with Crippen LogP contribution in [0.3, 0.4) is 0 Å². The van der Waals surface area contributed by atoms with Crippen molar-refractivity contribution >= 4 is 38.4 Å². The second-order valence-corrected chi connectivity index (χ2v) is 9.87. The average Bonchev–Trinajstić information content (AvgIpc) is 3.06. The van der Waals surface area contributed by atoms with E-state index in [0.717, 1.165) is 24.3 Å². The first-order valence-corrected chi connectivity index (χ1v) is 11.6. The van der Waals surface area contributed by atoms with Gasteiger partial charge in [-0.2, -0.15) is 4.99 Å². The maximum Gasteiger partial charge on any atom is 0.247 e. The number of rotatable bonds is 6. The molecular weight excluding hydrogens is 372 g/mol. The number of fused-ring (bicyclic) bond motifs is 1. The van der Waals surface area contributed by atoms with E-state index < -0.39 is 9.84 Å². The summed E-state index contributed by atoms with van der Waals surface area (Å²) in [5.41, 5.74) is 0.818. The number of carbonyl (C=O) groups is 1. The molecule has 0 N–H and O–H groups in total. The topological polar surface area (TPSA) is 76.0 Å². The van der Waals surface area contributed by atoms with Gasteiger partial charge in [0, 0.05) is 23.4 Å². The van der Waals surface area contributed by atoms with Crippen LogP contribution < -0.4 is 9.64 Å². The molecule has 142 valence electrons. The lowest BCUT2D eigenvalue weighted by Gasteiger charge is -2.25. The standard InChI is InChI=1S/C18H24N2O4S2/c1-3-5-9-24-14-8-6-7-13(10-14)20-15-11-26(22,23)12-16(15)25-18(20)19-17(21)4-2/h6-8,10,15-16H,3-5,9,11-12H2,1-2H3/t15-,16+/m1/s1. The normalized spacial score (nSPS) is 25.5. The Bertz CT molecular complexity index is 807. The molecular formula is C18H24N2O4S2. The lowest BCUT2D eigenvalue weighted by atomic mass is 10.2. The van der Waals surface area contributed by atoms with Crippen molar-refractivity contribution in [1.82, 2.24) is 0 Å². The number of ether oxygens (including phenoxy) is 1. The number of carbonyl (C=O) groups excluding carboxylic acids is 1. The van der Waals surface area contributed by atoms with Crippen molar-refractivity contribution in [2.45, 2.75) is 44.4 Å². The molecule has 2 aliphatic heterocycles. The number of sulfone groups is 1. The largest absolute Gasteiger partial charge is 0.494 e. The Morgan fingerprint density at radius 3 is 2.88 bits per heavy atom. The highest BCUT2D eigenvalue weighted by atomic mass is 32.2. The van der Waals surface area contributed by atoms with E-state index in [9.17, 15) is 13.2 Å². The average molecular weight is 397 g/mol. The molecule has 1 aromatic rings. The second kappa shape index (κ2) is 8.00. The van der Waals surface area contributed by atoms with Crippen LogP contribution in [0.2, 0.25) is 0 Å². The van der Waals surface area contributed by atoms with Gasteiger partial charge in [-0.05, 0) is 18.6 Å². The smallest absolute Gasteiger partial charge is 0.247 e. The molecule has 2 saturated heterocycles. The maximum absolute atomic E-state index is 12.1. The monoisotopic (exact) mass is 396 g/mol. The third-order valence-electron chi connectivity index (χ3n) is 4.45. The summed E-state index contributed by atoms with van der Waals surface area (Å²) in [6, 6.07) is 7.39. The Balaban J connectivity index is 1.91. The van der Waals surface area contributed by atoms with Crippen LogP contribution in [-0.2, 0) is 14.6 Å². The summed E-state index contributed by atoms with van der Waals surface area (Å²) in [6.45, 7) is 4.52. The summed E-state index contributed by atoms with van der Waals surface area (Å²) in [6.07, 6.45) is 2.36. The van der Waals surface area contributed by atoms with Crippen LogP contribution in [0.1, 0.15) is 33.1 Å². The molecule has 1 aromatic carbocycles. The molecule has 2 atom stereocenters. The Labute approximate surface area is 158 Å². The number of aliphatic imine (C=N–C) groups is 1. The van der Waals surface area contributed by atoms with E-state index in [0.29, 0.717) is 18.2 Å². The molecule has 26 heavy (non-hydrogen) atoms. The van der Waals surface area contributed by atoms with Crippen LogP contribution in [0.5, 0.6) is 5.75 Å². The zero-order chi connectivity index (χ0) is 18.7. The summed E-state index contributed by atoms with van der Waals surface area (Å²) >= 11 is 1.39. The summed E-state index contributed by atoms with van der Waals surface area (Å²) in [4.78, 5) is 18.0. The Morgan fingerprint density at radius 1 is 1.35 bits per heavy atom. The molecule has 2 fully saturated rings. The van der Waals surface area contributed by atoms with E-state index in [1.807, 2.05) is 29.2 Å². The van der Waals surface area contributed by atoms with Crippen LogP contribution in [0, 0.1) is 0 Å². The van der Waals surface area contributed by atoms with Crippen LogP contribution in [0.25, 0.3) is 0 Å². The van der Waals surface area contributed by atoms with Gasteiger partial charge in [-0.1, -0.05) is 38.1 Å². The first-order chi connectivity index (χ1) is 12.4. The minimum absolute atomic E-state index is 0.0882. The molecule has 3 rings (SSSR count). The van der Waals surface area contributed by atoms with Crippen molar-refractivity contribution < 1.29 is 17.9 Å². The van der Waals surface area contributed by atoms with Crippen molar-refractivity contribution in [2.75, 3.05) is 23.0 Å². The van der Waals surface area contributed by atoms with Gasteiger partial charge in [0.05, 0.1) is 24.2 Å². The zero-order valence-electron chi connectivity index (χ0n) is 15.1. The highest BCUT2D eigenvalue weighted by molar-refractivity contribution is 8.16. The van der Waals surface area contributed by atoms with E-state index in [2.05, 4.69) is 11.9 Å². The molecule has 0 radical (unpaired) electrons. The van der Waals surface area contributed by atoms with Gasteiger partial charge in [-0.25, -0.2) is 8.42 Å². The van der Waals surface area contributed by atoms with Crippen molar-refractivity contribution in [2.24, 2.45) is 4.99 Å². The summed E-state index contributed by atoms with van der Waals surface area (Å²) in [5, 5.41) is 0.500. The lowest BCUT2D eigenvalue weighted by molar-refractivity contribution is -0.117. The lowest BCUT2D eigenvalue weighted by Crippen LogP contribution is -2.37. The van der Waals surface area contributed by atoms with E-state index >= 15 is 0 Å².